The zero-order valence-corrected chi connectivity index (χ0v) is 32.7. The number of nitrogens with zero attached hydrogens (tertiary/aromatic N) is 8. The first-order valence-corrected chi connectivity index (χ1v) is 18.6. The van der Waals surface area contributed by atoms with Gasteiger partial charge in [0.2, 0.25) is 0 Å². The molecule has 0 saturated carbocycles. The van der Waals surface area contributed by atoms with Crippen molar-refractivity contribution in [2.75, 3.05) is 0 Å². The lowest BCUT2D eigenvalue weighted by atomic mass is 10.2. The molecule has 0 atom stereocenters. The van der Waals surface area contributed by atoms with E-state index >= 15 is 0 Å². The second kappa shape index (κ2) is 17.3. The van der Waals surface area contributed by atoms with Gasteiger partial charge in [-0.25, -0.2) is 9.97 Å². The van der Waals surface area contributed by atoms with Gasteiger partial charge in [-0.05, 0) is 78.9 Å². The number of aromatic nitrogens is 8. The van der Waals surface area contributed by atoms with Crippen LogP contribution in [0.15, 0.2) is 156 Å². The summed E-state index contributed by atoms with van der Waals surface area (Å²) < 4.78 is 10.2. The van der Waals surface area contributed by atoms with Crippen LogP contribution in [0, 0.1) is 0 Å². The van der Waals surface area contributed by atoms with E-state index in [0.29, 0.717) is 34.7 Å². The minimum Gasteiger partial charge on any atom is -0.345 e. The van der Waals surface area contributed by atoms with Crippen LogP contribution in [0.1, 0.15) is 32.4 Å². The lowest BCUT2D eigenvalue weighted by Crippen LogP contribution is -2.25. The zero-order chi connectivity index (χ0) is 40.8. The van der Waals surface area contributed by atoms with Crippen molar-refractivity contribution in [3.8, 4) is 22.7 Å². The van der Waals surface area contributed by atoms with Gasteiger partial charge in [0.15, 0.2) is 0 Å². The fourth-order valence-corrected chi connectivity index (χ4v) is 6.44. The van der Waals surface area contributed by atoms with Gasteiger partial charge in [-0.15, -0.1) is 0 Å². The maximum absolute atomic E-state index is 12.3. The number of halogens is 2. The van der Waals surface area contributed by atoms with Gasteiger partial charge in [0, 0.05) is 80.0 Å². The molecule has 2 N–H and O–H groups in total. The topological polar surface area (TPSA) is 148 Å². The molecule has 292 valence electrons. The van der Waals surface area contributed by atoms with Gasteiger partial charge in [-0.2, -0.15) is 0 Å². The number of hydrogen-bond acceptors (Lipinski definition) is 6. The zero-order valence-electron chi connectivity index (χ0n) is 31.2. The van der Waals surface area contributed by atoms with E-state index in [1.165, 1.54) is 12.1 Å². The molecule has 0 radical (unpaired) electrons. The normalized spacial score (nSPS) is 10.8. The van der Waals surface area contributed by atoms with E-state index < -0.39 is 0 Å². The lowest BCUT2D eigenvalue weighted by Gasteiger charge is -2.07. The molecule has 0 spiro atoms. The molecule has 0 fully saturated rings. The molecule has 0 saturated heterocycles. The number of amides is 2. The van der Waals surface area contributed by atoms with Gasteiger partial charge >= 0.3 is 0 Å². The highest BCUT2D eigenvalue weighted by Gasteiger charge is 2.13. The molecule has 58 heavy (non-hydrogen) atoms. The number of carbonyl (C=O) groups excluding carboxylic acids is 2. The predicted octanol–water partition coefficient (Wildman–Crippen LogP) is 5.89. The lowest BCUT2D eigenvalue weighted by molar-refractivity contribution is 0.0934. The highest BCUT2D eigenvalue weighted by molar-refractivity contribution is 6.31. The maximum Gasteiger partial charge on any atom is 0.268 e. The quantitative estimate of drug-likeness (QED) is 0.176. The Kier molecular flexibility index (Phi) is 11.7. The van der Waals surface area contributed by atoms with Gasteiger partial charge in [0.25, 0.3) is 22.9 Å². The first-order valence-electron chi connectivity index (χ1n) is 17.9. The summed E-state index contributed by atoms with van der Waals surface area (Å²) in [5.74, 6) is -0.432. The molecule has 6 aromatic heterocycles. The van der Waals surface area contributed by atoms with E-state index in [1.807, 2.05) is 82.2 Å². The van der Waals surface area contributed by atoms with Gasteiger partial charge in [-0.1, -0.05) is 35.3 Å². The number of imidazole rings is 2. The summed E-state index contributed by atoms with van der Waals surface area (Å²) in [6.45, 7) is 0.595. The SMILES string of the molecule is Cn1c(Cl)ccc1C(=O)NCc1cn(-c2ccc(-n3ccccc3=O)cc2)cn1.Cn1cc(Cl)cc1C(=O)NCc1cn(-c2ccc(-n3ccccc3=O)cc2)cn1. The summed E-state index contributed by atoms with van der Waals surface area (Å²) in [7, 11) is 3.50. The van der Waals surface area contributed by atoms with Crippen molar-refractivity contribution < 1.29 is 9.59 Å². The Morgan fingerprint density at radius 1 is 0.586 bits per heavy atom. The summed E-state index contributed by atoms with van der Waals surface area (Å²) in [5, 5.41) is 6.69. The van der Waals surface area contributed by atoms with Crippen LogP contribution in [0.25, 0.3) is 22.7 Å². The second-order valence-corrected chi connectivity index (χ2v) is 13.8. The monoisotopic (exact) mass is 814 g/mol. The number of aryl methyl sites for hydroxylation is 1. The van der Waals surface area contributed by atoms with Crippen LogP contribution in [-0.2, 0) is 27.2 Å². The van der Waals surface area contributed by atoms with Gasteiger partial charge in [-0.3, -0.25) is 28.3 Å². The molecule has 16 heteroatoms. The molecule has 2 amide bonds. The number of benzene rings is 2. The van der Waals surface area contributed by atoms with Crippen LogP contribution >= 0.6 is 23.2 Å². The van der Waals surface area contributed by atoms with E-state index in [1.54, 1.807) is 93.9 Å². The molecule has 0 aliphatic heterocycles. The summed E-state index contributed by atoms with van der Waals surface area (Å²) >= 11 is 11.9. The smallest absolute Gasteiger partial charge is 0.268 e. The third kappa shape index (κ3) is 8.94. The molecule has 0 aliphatic carbocycles. The molecule has 0 aliphatic rings. The molecule has 0 bridgehead atoms. The second-order valence-electron chi connectivity index (χ2n) is 13.0. The minimum atomic E-state index is -0.216. The number of carbonyl (C=O) groups is 2. The van der Waals surface area contributed by atoms with Crippen molar-refractivity contribution in [3.05, 3.63) is 200 Å². The highest BCUT2D eigenvalue weighted by Crippen LogP contribution is 2.16. The average molecular weight is 816 g/mol. The summed E-state index contributed by atoms with van der Waals surface area (Å²) in [5.41, 5.74) is 5.63. The van der Waals surface area contributed by atoms with Crippen molar-refractivity contribution in [3.63, 3.8) is 0 Å². The van der Waals surface area contributed by atoms with Crippen molar-refractivity contribution in [2.45, 2.75) is 13.1 Å². The van der Waals surface area contributed by atoms with Crippen LogP contribution in [-0.4, -0.2) is 49.2 Å². The first-order chi connectivity index (χ1) is 28.0. The first kappa shape index (κ1) is 39.1. The molecular weight excluding hydrogens is 779 g/mol. The van der Waals surface area contributed by atoms with Crippen molar-refractivity contribution in [2.24, 2.45) is 14.1 Å². The van der Waals surface area contributed by atoms with Crippen LogP contribution < -0.4 is 21.8 Å². The molecule has 0 unspecified atom stereocenters. The molecule has 8 aromatic rings. The van der Waals surface area contributed by atoms with E-state index in [4.69, 9.17) is 23.2 Å². The molecular formula is C42H36Cl2N10O4. The van der Waals surface area contributed by atoms with Crippen LogP contribution in [0.2, 0.25) is 10.2 Å². The molecule has 2 aromatic carbocycles. The van der Waals surface area contributed by atoms with E-state index in [-0.39, 0.29) is 22.9 Å². The van der Waals surface area contributed by atoms with Crippen molar-refractivity contribution in [1.29, 1.82) is 0 Å². The number of nitrogens with one attached hydrogen (secondary N) is 2. The Morgan fingerprint density at radius 2 is 1.05 bits per heavy atom. The van der Waals surface area contributed by atoms with E-state index in [2.05, 4.69) is 20.6 Å². The minimum absolute atomic E-state index is 0.0829. The maximum atomic E-state index is 12.3. The summed E-state index contributed by atoms with van der Waals surface area (Å²) in [6, 6.07) is 30.2. The molecule has 8 rings (SSSR count). The Labute approximate surface area is 341 Å². The molecule has 14 nitrogen and oxygen atoms in total. The summed E-state index contributed by atoms with van der Waals surface area (Å²) in [6.07, 6.45) is 12.2. The Bertz CT molecular complexity index is 2680. The van der Waals surface area contributed by atoms with E-state index in [9.17, 15) is 19.2 Å². The predicted molar refractivity (Wildman–Crippen MR) is 222 cm³/mol. The van der Waals surface area contributed by atoms with Gasteiger partial charge in [0.05, 0.1) is 42.2 Å². The Morgan fingerprint density at radius 3 is 1.47 bits per heavy atom. The number of pyridine rings is 2. The fraction of sp³-hybridized carbons (Fsp3) is 0.0952. The largest absolute Gasteiger partial charge is 0.345 e. The van der Waals surface area contributed by atoms with E-state index in [0.717, 1.165) is 34.1 Å². The third-order valence-corrected chi connectivity index (χ3v) is 9.71. The third-order valence-electron chi connectivity index (χ3n) is 9.13. The van der Waals surface area contributed by atoms with Crippen LogP contribution in [0.3, 0.4) is 0 Å². The molecule has 6 heterocycles. The van der Waals surface area contributed by atoms with Crippen molar-refractivity contribution >= 4 is 35.0 Å². The van der Waals surface area contributed by atoms with Gasteiger partial charge in [0.1, 0.15) is 16.5 Å². The number of hydrogen-bond donors (Lipinski definition) is 2. The summed E-state index contributed by atoms with van der Waals surface area (Å²) in [4.78, 5) is 57.1. The van der Waals surface area contributed by atoms with Crippen LogP contribution in [0.5, 0.6) is 0 Å². The van der Waals surface area contributed by atoms with Crippen molar-refractivity contribution in [1.82, 2.24) is 48.0 Å². The standard InChI is InChI=1S/2C21H18ClN5O2/c1-25-18(9-10-19(25)22)21(29)23-12-15-13-26(14-24-15)16-5-7-17(8-6-16)27-11-3-2-4-20(27)28;1-25-12-15(22)10-19(25)21(29)23-11-16-13-26(14-24-16)17-5-7-18(8-6-17)27-9-3-2-4-20(27)28/h2-11,13-14H,12H2,1H3,(H,23,29);2-10,12-14H,11H2,1H3,(H,23,29). The highest BCUT2D eigenvalue weighted by atomic mass is 35.5. The fourth-order valence-electron chi connectivity index (χ4n) is 6.03. The Balaban J connectivity index is 0.000000177. The van der Waals surface area contributed by atoms with Crippen LogP contribution in [0.4, 0.5) is 0 Å². The number of rotatable bonds is 10. The Hall–Kier alpha value is -7.16. The van der Waals surface area contributed by atoms with Gasteiger partial charge < -0.3 is 28.9 Å². The average Bonchev–Trinajstić information content (AvgIpc) is 4.05.